The first-order valence-corrected chi connectivity index (χ1v) is 6.17. The van der Waals surface area contributed by atoms with Crippen LogP contribution in [0.4, 0.5) is 11.9 Å². The van der Waals surface area contributed by atoms with Gasteiger partial charge in [0.2, 0.25) is 11.9 Å². The monoisotopic (exact) mass is 252 g/mol. The highest BCUT2D eigenvalue weighted by atomic mass is 15.3. The maximum Gasteiger partial charge on any atom is 0.225 e. The number of piperazine rings is 1. The van der Waals surface area contributed by atoms with Crippen LogP contribution in [-0.2, 0) is 0 Å². The molecule has 0 bridgehead atoms. The van der Waals surface area contributed by atoms with Crippen molar-refractivity contribution in [3.8, 4) is 0 Å². The predicted molar refractivity (Wildman–Crippen MR) is 73.9 cm³/mol. The lowest BCUT2D eigenvalue weighted by Crippen LogP contribution is -2.47. The fraction of sp³-hybridized carbons (Fsp3) is 0.333. The molecular formula is C12H13BN6. The van der Waals surface area contributed by atoms with Gasteiger partial charge >= 0.3 is 0 Å². The molecule has 0 unspecified atom stereocenters. The Hall–Kier alpha value is -2.18. The molecule has 6 nitrogen and oxygen atoms in total. The van der Waals surface area contributed by atoms with Crippen LogP contribution in [0, 0.1) is 0 Å². The Balaban J connectivity index is 1.65. The molecule has 1 aliphatic heterocycles. The Kier molecular flexibility index (Phi) is 3.26. The Morgan fingerprint density at radius 3 is 1.79 bits per heavy atom. The molecule has 0 atom stereocenters. The van der Waals surface area contributed by atoms with Crippen molar-refractivity contribution in [2.24, 2.45) is 0 Å². The van der Waals surface area contributed by atoms with Crippen LogP contribution in [0.3, 0.4) is 0 Å². The molecule has 19 heavy (non-hydrogen) atoms. The van der Waals surface area contributed by atoms with Gasteiger partial charge in [0.1, 0.15) is 7.85 Å². The predicted octanol–water partition coefficient (Wildman–Crippen LogP) is -0.613. The van der Waals surface area contributed by atoms with Crippen LogP contribution in [0.1, 0.15) is 0 Å². The fourth-order valence-electron chi connectivity index (χ4n) is 2.06. The van der Waals surface area contributed by atoms with Crippen LogP contribution >= 0.6 is 0 Å². The second-order valence-electron chi connectivity index (χ2n) is 4.34. The fourth-order valence-corrected chi connectivity index (χ4v) is 2.06. The number of anilines is 2. The van der Waals surface area contributed by atoms with E-state index in [9.17, 15) is 0 Å². The van der Waals surface area contributed by atoms with Gasteiger partial charge in [0.15, 0.2) is 0 Å². The van der Waals surface area contributed by atoms with Crippen LogP contribution in [0.2, 0.25) is 0 Å². The molecule has 0 aromatic carbocycles. The summed E-state index contributed by atoms with van der Waals surface area (Å²) in [6, 6.07) is 1.82. The van der Waals surface area contributed by atoms with Crippen LogP contribution in [0.25, 0.3) is 0 Å². The molecule has 0 aliphatic carbocycles. The Morgan fingerprint density at radius 1 is 0.789 bits per heavy atom. The summed E-state index contributed by atoms with van der Waals surface area (Å²) < 4.78 is 0. The molecule has 0 N–H and O–H groups in total. The van der Waals surface area contributed by atoms with Gasteiger partial charge in [-0.25, -0.2) is 19.9 Å². The van der Waals surface area contributed by atoms with Crippen LogP contribution in [0.15, 0.2) is 30.9 Å². The molecule has 7 heteroatoms. The molecule has 2 radical (unpaired) electrons. The molecular weight excluding hydrogens is 239 g/mol. The first-order chi connectivity index (χ1) is 9.33. The topological polar surface area (TPSA) is 58.0 Å². The van der Waals surface area contributed by atoms with Gasteiger partial charge in [-0.3, -0.25) is 0 Å². The third-order valence-electron chi connectivity index (χ3n) is 3.06. The summed E-state index contributed by atoms with van der Waals surface area (Å²) in [4.78, 5) is 21.3. The molecule has 2 aromatic rings. The van der Waals surface area contributed by atoms with E-state index in [1.54, 1.807) is 24.8 Å². The average molecular weight is 252 g/mol. The van der Waals surface area contributed by atoms with Gasteiger partial charge in [0.05, 0.1) is 0 Å². The highest BCUT2D eigenvalue weighted by Gasteiger charge is 2.20. The van der Waals surface area contributed by atoms with Crippen molar-refractivity contribution in [3.05, 3.63) is 30.9 Å². The summed E-state index contributed by atoms with van der Waals surface area (Å²) in [7, 11) is 5.59. The Morgan fingerprint density at radius 2 is 1.26 bits per heavy atom. The highest BCUT2D eigenvalue weighted by molar-refractivity contribution is 6.31. The lowest BCUT2D eigenvalue weighted by atomic mass is 10.0. The first-order valence-electron chi connectivity index (χ1n) is 6.17. The minimum absolute atomic E-state index is 0.583. The highest BCUT2D eigenvalue weighted by Crippen LogP contribution is 2.12. The molecule has 1 saturated heterocycles. The molecule has 3 heterocycles. The largest absolute Gasteiger partial charge is 0.337 e. The van der Waals surface area contributed by atoms with Gasteiger partial charge in [-0.2, -0.15) is 0 Å². The summed E-state index contributed by atoms with van der Waals surface area (Å²) in [5.41, 5.74) is 0.583. The van der Waals surface area contributed by atoms with E-state index in [2.05, 4.69) is 29.7 Å². The second kappa shape index (κ2) is 5.21. The van der Waals surface area contributed by atoms with E-state index in [0.29, 0.717) is 5.46 Å². The number of hydrogen-bond acceptors (Lipinski definition) is 6. The zero-order valence-corrected chi connectivity index (χ0v) is 10.5. The minimum Gasteiger partial charge on any atom is -0.337 e. The van der Waals surface area contributed by atoms with Crippen molar-refractivity contribution < 1.29 is 0 Å². The van der Waals surface area contributed by atoms with Crippen LogP contribution in [0.5, 0.6) is 0 Å². The summed E-state index contributed by atoms with van der Waals surface area (Å²) in [6.45, 7) is 3.42. The molecule has 3 rings (SSSR count). The van der Waals surface area contributed by atoms with Gasteiger partial charge < -0.3 is 9.80 Å². The zero-order valence-electron chi connectivity index (χ0n) is 10.5. The van der Waals surface area contributed by atoms with Gasteiger partial charge in [0.25, 0.3) is 0 Å². The minimum atomic E-state index is 0.583. The first kappa shape index (κ1) is 11.9. The number of aromatic nitrogens is 4. The smallest absolute Gasteiger partial charge is 0.225 e. The number of rotatable bonds is 2. The molecule has 0 saturated carbocycles. The third-order valence-corrected chi connectivity index (χ3v) is 3.06. The average Bonchev–Trinajstić information content (AvgIpc) is 2.49. The van der Waals surface area contributed by atoms with E-state index >= 15 is 0 Å². The van der Waals surface area contributed by atoms with Crippen molar-refractivity contribution in [2.75, 3.05) is 36.0 Å². The van der Waals surface area contributed by atoms with E-state index in [0.717, 1.165) is 38.1 Å². The zero-order chi connectivity index (χ0) is 13.1. The molecule has 1 fully saturated rings. The Labute approximate surface area is 112 Å². The summed E-state index contributed by atoms with van der Waals surface area (Å²) in [5, 5.41) is 0. The molecule has 0 spiro atoms. The van der Waals surface area contributed by atoms with E-state index in [4.69, 9.17) is 7.85 Å². The molecule has 1 aliphatic rings. The van der Waals surface area contributed by atoms with E-state index in [1.807, 2.05) is 6.07 Å². The summed E-state index contributed by atoms with van der Waals surface area (Å²) >= 11 is 0. The van der Waals surface area contributed by atoms with Crippen molar-refractivity contribution >= 4 is 25.2 Å². The molecule has 2 aromatic heterocycles. The van der Waals surface area contributed by atoms with Gasteiger partial charge in [-0.05, 0) is 6.07 Å². The molecule has 94 valence electrons. The van der Waals surface area contributed by atoms with Crippen molar-refractivity contribution in [1.29, 1.82) is 0 Å². The Bertz CT molecular complexity index is 524. The van der Waals surface area contributed by atoms with Crippen molar-refractivity contribution in [3.63, 3.8) is 0 Å². The lowest BCUT2D eigenvalue weighted by Gasteiger charge is -2.34. The SMILES string of the molecule is [B]c1cnc(N2CCN(c3ncccn3)CC2)nc1. The summed E-state index contributed by atoms with van der Waals surface area (Å²) in [5.74, 6) is 1.50. The quantitative estimate of drug-likeness (QED) is 0.664. The van der Waals surface area contributed by atoms with Gasteiger partial charge in [0, 0.05) is 51.0 Å². The van der Waals surface area contributed by atoms with E-state index in [-0.39, 0.29) is 0 Å². The maximum atomic E-state index is 5.59. The van der Waals surface area contributed by atoms with Crippen molar-refractivity contribution in [1.82, 2.24) is 19.9 Å². The maximum absolute atomic E-state index is 5.59. The normalized spacial score (nSPS) is 15.6. The van der Waals surface area contributed by atoms with E-state index < -0.39 is 0 Å². The lowest BCUT2D eigenvalue weighted by molar-refractivity contribution is 0.628. The van der Waals surface area contributed by atoms with Gasteiger partial charge in [-0.1, -0.05) is 5.46 Å². The van der Waals surface area contributed by atoms with Crippen LogP contribution in [-0.4, -0.2) is 54.0 Å². The number of nitrogens with zero attached hydrogens (tertiary/aromatic N) is 6. The summed E-state index contributed by atoms with van der Waals surface area (Å²) in [6.07, 6.45) is 6.79. The number of hydrogen-bond donors (Lipinski definition) is 0. The third kappa shape index (κ3) is 2.64. The standard InChI is InChI=1S/C12H13BN6/c13-10-8-16-12(17-9-10)19-6-4-18(5-7-19)11-14-2-1-3-15-11/h1-3,8-9H,4-7H2. The second-order valence-corrected chi connectivity index (χ2v) is 4.34. The van der Waals surface area contributed by atoms with Gasteiger partial charge in [-0.15, -0.1) is 0 Å². The van der Waals surface area contributed by atoms with Crippen molar-refractivity contribution in [2.45, 2.75) is 0 Å². The van der Waals surface area contributed by atoms with E-state index in [1.165, 1.54) is 0 Å². The molecule has 0 amide bonds. The van der Waals surface area contributed by atoms with Crippen LogP contribution < -0.4 is 15.3 Å².